The summed E-state index contributed by atoms with van der Waals surface area (Å²) < 4.78 is 36.4. The minimum Gasteiger partial charge on any atom is -0.244 e. The molecule has 82 valence electrons. The summed E-state index contributed by atoms with van der Waals surface area (Å²) in [5.74, 6) is 0. The van der Waals surface area contributed by atoms with E-state index in [2.05, 4.69) is 4.98 Å². The zero-order valence-corrected chi connectivity index (χ0v) is 8.19. The molecule has 1 aromatic heterocycles. The monoisotopic (exact) mass is 239 g/mol. The van der Waals surface area contributed by atoms with E-state index in [-0.39, 0.29) is 16.9 Å². The van der Waals surface area contributed by atoms with Crippen molar-refractivity contribution in [3.8, 4) is 0 Å². The van der Waals surface area contributed by atoms with Gasteiger partial charge >= 0.3 is 12.3 Å². The Morgan fingerprint density at radius 2 is 1.87 bits per heavy atom. The van der Waals surface area contributed by atoms with Crippen LogP contribution >= 0.6 is 11.6 Å². The number of alkyl halides is 3. The smallest absolute Gasteiger partial charge is 0.244 e. The second kappa shape index (κ2) is 5.48. The summed E-state index contributed by atoms with van der Waals surface area (Å²) in [5.41, 5.74) is -0.658. The first-order valence-corrected chi connectivity index (χ1v) is 3.89. The third-order valence-electron chi connectivity index (χ3n) is 1.38. The lowest BCUT2D eigenvalue weighted by atomic mass is 10.1. The first-order chi connectivity index (χ1) is 6.82. The van der Waals surface area contributed by atoms with Crippen LogP contribution in [-0.4, -0.2) is 11.1 Å². The summed E-state index contributed by atoms with van der Waals surface area (Å²) in [6, 6.07) is 0.816. The highest BCUT2D eigenvalue weighted by atomic mass is 35.5. The maximum absolute atomic E-state index is 12.1. The Hall–Kier alpha value is -1.39. The molecule has 15 heavy (non-hydrogen) atoms. The van der Waals surface area contributed by atoms with Gasteiger partial charge in [0.25, 0.3) is 0 Å². The number of nitrogens with zero attached hydrogens (tertiary/aromatic N) is 1. The molecule has 0 aliphatic rings. The fourth-order valence-electron chi connectivity index (χ4n) is 0.804. The standard InChI is InChI=1S/C7H5ClF3N.CO2/c1-4-3-12-6(8)2-5(4)7(9,10)11;2-1-3/h2-3H,1H3;. The molecule has 0 bridgehead atoms. The molecule has 0 unspecified atom stereocenters. The maximum atomic E-state index is 12.1. The van der Waals surface area contributed by atoms with Gasteiger partial charge in [0.05, 0.1) is 5.56 Å². The minimum atomic E-state index is -4.35. The van der Waals surface area contributed by atoms with Crippen LogP contribution in [-0.2, 0) is 15.8 Å². The molecule has 0 aliphatic carbocycles. The zero-order valence-electron chi connectivity index (χ0n) is 7.43. The van der Waals surface area contributed by atoms with E-state index in [1.807, 2.05) is 0 Å². The average molecular weight is 240 g/mol. The summed E-state index contributed by atoms with van der Waals surface area (Å²) in [6.07, 6.45) is -3.00. The van der Waals surface area contributed by atoms with E-state index in [1.54, 1.807) is 0 Å². The number of rotatable bonds is 0. The number of pyridine rings is 1. The molecule has 0 saturated heterocycles. The molecule has 3 nitrogen and oxygen atoms in total. The van der Waals surface area contributed by atoms with Crippen molar-refractivity contribution < 1.29 is 22.8 Å². The van der Waals surface area contributed by atoms with Crippen molar-refractivity contribution in [3.63, 3.8) is 0 Å². The Balaban J connectivity index is 0.000000583. The van der Waals surface area contributed by atoms with Crippen LogP contribution in [0.15, 0.2) is 12.3 Å². The van der Waals surface area contributed by atoms with Crippen molar-refractivity contribution in [3.05, 3.63) is 28.5 Å². The van der Waals surface area contributed by atoms with Crippen LogP contribution < -0.4 is 0 Å². The van der Waals surface area contributed by atoms with E-state index in [0.717, 1.165) is 12.3 Å². The van der Waals surface area contributed by atoms with Crippen molar-refractivity contribution in [2.24, 2.45) is 0 Å². The van der Waals surface area contributed by atoms with Gasteiger partial charge in [-0.1, -0.05) is 11.6 Å². The van der Waals surface area contributed by atoms with Crippen LogP contribution in [0.2, 0.25) is 5.15 Å². The number of hydrogen-bond acceptors (Lipinski definition) is 3. The lowest BCUT2D eigenvalue weighted by molar-refractivity contribution is -0.191. The van der Waals surface area contributed by atoms with E-state index >= 15 is 0 Å². The van der Waals surface area contributed by atoms with Crippen LogP contribution in [0, 0.1) is 6.92 Å². The van der Waals surface area contributed by atoms with Crippen LogP contribution in [0.3, 0.4) is 0 Å². The Morgan fingerprint density at radius 3 is 2.20 bits per heavy atom. The molecule has 0 atom stereocenters. The number of carbonyl (C=O) groups excluding carboxylic acids is 2. The van der Waals surface area contributed by atoms with Gasteiger partial charge in [0.15, 0.2) is 0 Å². The van der Waals surface area contributed by atoms with Gasteiger partial charge in [0.1, 0.15) is 5.15 Å². The fourth-order valence-corrected chi connectivity index (χ4v) is 0.962. The molecule has 0 saturated carbocycles. The number of aryl methyl sites for hydroxylation is 1. The Kier molecular flexibility index (Phi) is 4.97. The Morgan fingerprint density at radius 1 is 1.40 bits per heavy atom. The summed E-state index contributed by atoms with van der Waals surface area (Å²) in [5, 5.41) is -0.145. The van der Waals surface area contributed by atoms with Gasteiger partial charge in [-0.3, -0.25) is 0 Å². The van der Waals surface area contributed by atoms with Gasteiger partial charge in [-0.2, -0.15) is 22.8 Å². The van der Waals surface area contributed by atoms with E-state index < -0.39 is 11.7 Å². The van der Waals surface area contributed by atoms with Gasteiger partial charge in [0, 0.05) is 6.20 Å². The molecule has 0 N–H and O–H groups in total. The highest BCUT2D eigenvalue weighted by Gasteiger charge is 2.32. The third-order valence-corrected chi connectivity index (χ3v) is 1.58. The molecule has 1 aromatic rings. The summed E-state index contributed by atoms with van der Waals surface area (Å²) in [7, 11) is 0. The normalized spacial score (nSPS) is 9.93. The lowest BCUT2D eigenvalue weighted by Gasteiger charge is -2.08. The molecule has 0 aliphatic heterocycles. The van der Waals surface area contributed by atoms with Crippen molar-refractivity contribution in [1.29, 1.82) is 0 Å². The van der Waals surface area contributed by atoms with Gasteiger partial charge in [-0.05, 0) is 18.6 Å². The van der Waals surface area contributed by atoms with E-state index in [9.17, 15) is 13.2 Å². The van der Waals surface area contributed by atoms with E-state index in [1.165, 1.54) is 6.92 Å². The van der Waals surface area contributed by atoms with Crippen LogP contribution in [0.5, 0.6) is 0 Å². The van der Waals surface area contributed by atoms with Crippen molar-refractivity contribution in [2.75, 3.05) is 0 Å². The molecular weight excluding hydrogens is 235 g/mol. The highest BCUT2D eigenvalue weighted by Crippen LogP contribution is 2.32. The number of halogens is 4. The van der Waals surface area contributed by atoms with Gasteiger partial charge < -0.3 is 0 Å². The molecule has 0 amide bonds. The molecular formula is C8H5ClF3NO2. The predicted octanol–water partition coefficient (Wildman–Crippen LogP) is 2.48. The van der Waals surface area contributed by atoms with Crippen LogP contribution in [0.4, 0.5) is 13.2 Å². The van der Waals surface area contributed by atoms with E-state index in [4.69, 9.17) is 21.2 Å². The molecule has 0 spiro atoms. The minimum absolute atomic E-state index is 0.0758. The van der Waals surface area contributed by atoms with Crippen molar-refractivity contribution in [1.82, 2.24) is 4.98 Å². The SMILES string of the molecule is Cc1cnc(Cl)cc1C(F)(F)F.O=C=O. The van der Waals surface area contributed by atoms with Crippen LogP contribution in [0.1, 0.15) is 11.1 Å². The second-order valence-corrected chi connectivity index (χ2v) is 2.79. The van der Waals surface area contributed by atoms with Crippen LogP contribution in [0.25, 0.3) is 0 Å². The summed E-state index contributed by atoms with van der Waals surface area (Å²) in [6.45, 7) is 1.34. The zero-order chi connectivity index (χ0) is 12.1. The number of hydrogen-bond donors (Lipinski definition) is 0. The number of aromatic nitrogens is 1. The van der Waals surface area contributed by atoms with E-state index in [0.29, 0.717) is 0 Å². The molecule has 0 radical (unpaired) electrons. The largest absolute Gasteiger partial charge is 0.416 e. The van der Waals surface area contributed by atoms with Gasteiger partial charge in [-0.25, -0.2) is 4.98 Å². The first-order valence-electron chi connectivity index (χ1n) is 3.51. The average Bonchev–Trinajstić information content (AvgIpc) is 2.09. The summed E-state index contributed by atoms with van der Waals surface area (Å²) in [4.78, 5) is 19.8. The second-order valence-electron chi connectivity index (χ2n) is 2.40. The van der Waals surface area contributed by atoms with Gasteiger partial charge in [-0.15, -0.1) is 0 Å². The molecule has 1 heterocycles. The molecule has 7 heteroatoms. The van der Waals surface area contributed by atoms with Gasteiger partial charge in [0.2, 0.25) is 0 Å². The van der Waals surface area contributed by atoms with Crippen molar-refractivity contribution in [2.45, 2.75) is 13.1 Å². The lowest BCUT2D eigenvalue weighted by Crippen LogP contribution is -2.07. The van der Waals surface area contributed by atoms with Crippen molar-refractivity contribution >= 4 is 17.8 Å². The maximum Gasteiger partial charge on any atom is 0.416 e. The predicted molar refractivity (Wildman–Crippen MR) is 44.0 cm³/mol. The molecule has 0 aromatic carbocycles. The topological polar surface area (TPSA) is 47.0 Å². The quantitative estimate of drug-likeness (QED) is 0.654. The summed E-state index contributed by atoms with van der Waals surface area (Å²) >= 11 is 5.31. The highest BCUT2D eigenvalue weighted by molar-refractivity contribution is 6.29. The Labute approximate surface area is 87.9 Å². The third kappa shape index (κ3) is 4.58. The fraction of sp³-hybridized carbons (Fsp3) is 0.250. The molecule has 0 fully saturated rings. The molecule has 1 rings (SSSR count). The first kappa shape index (κ1) is 13.6. The Bertz CT molecular complexity index is 373.